The van der Waals surface area contributed by atoms with Gasteiger partial charge in [-0.25, -0.2) is 4.39 Å². The summed E-state index contributed by atoms with van der Waals surface area (Å²) in [4.78, 5) is 31.2. The van der Waals surface area contributed by atoms with E-state index in [4.69, 9.17) is 28.0 Å². The van der Waals surface area contributed by atoms with E-state index in [1.807, 2.05) is 6.79 Å². The molecule has 2 aromatic carbocycles. The summed E-state index contributed by atoms with van der Waals surface area (Å²) in [6, 6.07) is 12.4. The molecule has 0 spiro atoms. The van der Waals surface area contributed by atoms with Crippen molar-refractivity contribution in [2.24, 2.45) is 11.3 Å². The molecule has 1 aliphatic heterocycles. The van der Waals surface area contributed by atoms with Gasteiger partial charge in [0, 0.05) is 35.3 Å². The topological polar surface area (TPSA) is 87.3 Å². The van der Waals surface area contributed by atoms with E-state index >= 15 is 0 Å². The van der Waals surface area contributed by atoms with Crippen molar-refractivity contribution in [1.29, 1.82) is 0 Å². The highest BCUT2D eigenvalue weighted by Crippen LogP contribution is 2.39. The summed E-state index contributed by atoms with van der Waals surface area (Å²) in [5.74, 6) is -1.32. The highest BCUT2D eigenvalue weighted by Gasteiger charge is 2.44. The van der Waals surface area contributed by atoms with Crippen molar-refractivity contribution in [3.8, 4) is 0 Å². The molecular formula is C30H40Cl2FN3O3. The predicted molar refractivity (Wildman–Crippen MR) is 157 cm³/mol. The smallest absolute Gasteiger partial charge is 0.229 e. The number of benzene rings is 2. The lowest BCUT2D eigenvalue weighted by Crippen LogP contribution is -2.38. The highest BCUT2D eigenvalue weighted by atomic mass is 35.5. The van der Waals surface area contributed by atoms with Gasteiger partial charge < -0.3 is 20.7 Å². The van der Waals surface area contributed by atoms with Crippen LogP contribution in [0.15, 0.2) is 42.5 Å². The molecule has 2 aliphatic rings. The van der Waals surface area contributed by atoms with Gasteiger partial charge in [-0.15, -0.1) is 0 Å². The lowest BCUT2D eigenvalue weighted by atomic mass is 9.78. The van der Waals surface area contributed by atoms with Crippen molar-refractivity contribution in [3.63, 3.8) is 0 Å². The summed E-state index contributed by atoms with van der Waals surface area (Å²) in [6.45, 7) is 8.92. The van der Waals surface area contributed by atoms with Gasteiger partial charge in [0.15, 0.2) is 0 Å². The summed E-state index contributed by atoms with van der Waals surface area (Å²) in [7, 11) is 0. The number of hydrogen-bond donors (Lipinski definition) is 3. The molecule has 2 fully saturated rings. The van der Waals surface area contributed by atoms with Gasteiger partial charge in [0.2, 0.25) is 12.3 Å². The highest BCUT2D eigenvalue weighted by molar-refractivity contribution is 6.31. The second-order valence-corrected chi connectivity index (χ2v) is 12.0. The summed E-state index contributed by atoms with van der Waals surface area (Å²) in [5.41, 5.74) is 1.13. The zero-order valence-electron chi connectivity index (χ0n) is 22.9. The van der Waals surface area contributed by atoms with Crippen LogP contribution in [0.5, 0.6) is 0 Å². The maximum Gasteiger partial charge on any atom is 0.229 e. The van der Waals surface area contributed by atoms with Crippen molar-refractivity contribution in [1.82, 2.24) is 10.6 Å². The summed E-state index contributed by atoms with van der Waals surface area (Å²) in [6.07, 6.45) is 7.88. The molecule has 1 aliphatic carbocycles. The van der Waals surface area contributed by atoms with Crippen LogP contribution in [0, 0.1) is 17.2 Å². The van der Waals surface area contributed by atoms with Gasteiger partial charge in [-0.1, -0.05) is 81.4 Å². The largest absolute Gasteiger partial charge is 0.356 e. The number of hydrogen-bond acceptors (Lipinski definition) is 4. The first-order chi connectivity index (χ1) is 18.6. The van der Waals surface area contributed by atoms with E-state index in [-0.39, 0.29) is 28.3 Å². The van der Waals surface area contributed by atoms with Crippen molar-refractivity contribution in [2.45, 2.75) is 77.3 Å². The Hall–Kier alpha value is -2.48. The normalized spacial score (nSPS) is 21.0. The van der Waals surface area contributed by atoms with Crippen molar-refractivity contribution in [2.75, 3.05) is 11.9 Å². The van der Waals surface area contributed by atoms with Crippen LogP contribution in [0.4, 0.5) is 10.1 Å². The second-order valence-electron chi connectivity index (χ2n) is 11.2. The van der Waals surface area contributed by atoms with Crippen LogP contribution in [0.25, 0.3) is 0 Å². The molecule has 1 saturated heterocycles. The number of carbonyl (C=O) groups excluding carboxylic acids is 3. The molecule has 0 bridgehead atoms. The molecule has 6 nitrogen and oxygen atoms in total. The molecule has 214 valence electrons. The lowest BCUT2D eigenvalue weighted by molar-refractivity contribution is -0.120. The molecule has 3 N–H and O–H groups in total. The standard InChI is InChI=1S/C22H25Cl2FN2O.C7H13NO.CH2O/c1-22(2,3)11-18-19(21(28)27-14-7-4-6-13(23)10-14)16(12-26-18)15-8-5-9-17(24)20(15)25;9-6-8-7-4-2-1-3-5-7;1-2/h4-10,16,18-19,26H,11-12H2,1-3H3,(H,27,28);6-7H,1-5H2,(H,8,9);1H2. The van der Waals surface area contributed by atoms with Gasteiger partial charge in [-0.3, -0.25) is 9.59 Å². The molecule has 0 radical (unpaired) electrons. The number of amides is 2. The first kappa shape index (κ1) is 32.7. The number of carbonyl (C=O) groups is 3. The molecule has 2 aromatic rings. The van der Waals surface area contributed by atoms with Gasteiger partial charge in [0.1, 0.15) is 12.6 Å². The average Bonchev–Trinajstić information content (AvgIpc) is 3.30. The molecule has 39 heavy (non-hydrogen) atoms. The molecule has 3 atom stereocenters. The minimum atomic E-state index is -0.451. The summed E-state index contributed by atoms with van der Waals surface area (Å²) in [5, 5.41) is 9.82. The Labute approximate surface area is 241 Å². The van der Waals surface area contributed by atoms with Crippen LogP contribution < -0.4 is 16.0 Å². The molecule has 3 unspecified atom stereocenters. The van der Waals surface area contributed by atoms with E-state index in [2.05, 4.69) is 36.7 Å². The molecule has 1 heterocycles. The van der Waals surface area contributed by atoms with Gasteiger partial charge in [-0.05, 0) is 54.5 Å². The minimum Gasteiger partial charge on any atom is -0.356 e. The van der Waals surface area contributed by atoms with E-state index < -0.39 is 11.7 Å². The van der Waals surface area contributed by atoms with Gasteiger partial charge in [0.05, 0.1) is 10.9 Å². The summed E-state index contributed by atoms with van der Waals surface area (Å²) >= 11 is 12.0. The third-order valence-corrected chi connectivity index (χ3v) is 7.51. The zero-order chi connectivity index (χ0) is 29.0. The SMILES string of the molecule is C=O.CC(C)(C)CC1NCC(c2cccc(Cl)c2F)C1C(=O)Nc1cccc(Cl)c1.O=CNC1CCCCC1. The fraction of sp³-hybridized carbons (Fsp3) is 0.500. The lowest BCUT2D eigenvalue weighted by Gasteiger charge is -2.29. The molecule has 4 rings (SSSR count). The van der Waals surface area contributed by atoms with Crippen LogP contribution in [0.2, 0.25) is 10.0 Å². The maximum absolute atomic E-state index is 14.7. The van der Waals surface area contributed by atoms with E-state index in [1.165, 1.54) is 38.2 Å². The Morgan fingerprint density at radius 1 is 1.10 bits per heavy atom. The van der Waals surface area contributed by atoms with Crippen molar-refractivity contribution < 1.29 is 18.8 Å². The van der Waals surface area contributed by atoms with Crippen molar-refractivity contribution in [3.05, 3.63) is 63.9 Å². The maximum atomic E-state index is 14.7. The van der Waals surface area contributed by atoms with Crippen molar-refractivity contribution >= 4 is 48.0 Å². The monoisotopic (exact) mass is 579 g/mol. The van der Waals surface area contributed by atoms with Crippen LogP contribution in [-0.4, -0.2) is 37.7 Å². The Kier molecular flexibility index (Phi) is 13.4. The third-order valence-electron chi connectivity index (χ3n) is 6.98. The predicted octanol–water partition coefficient (Wildman–Crippen LogP) is 6.76. The van der Waals surface area contributed by atoms with E-state index in [9.17, 15) is 14.0 Å². The van der Waals surface area contributed by atoms with E-state index in [0.717, 1.165) is 12.8 Å². The Bertz CT molecular complexity index is 1070. The molecular weight excluding hydrogens is 540 g/mol. The van der Waals surface area contributed by atoms with Crippen LogP contribution in [0.1, 0.15) is 70.8 Å². The number of rotatable bonds is 6. The fourth-order valence-corrected chi connectivity index (χ4v) is 5.68. The Balaban J connectivity index is 0.000000407. The van der Waals surface area contributed by atoms with Crippen LogP contribution >= 0.6 is 23.2 Å². The van der Waals surface area contributed by atoms with Gasteiger partial charge in [-0.2, -0.15) is 0 Å². The fourth-order valence-electron chi connectivity index (χ4n) is 5.30. The molecule has 9 heteroatoms. The zero-order valence-corrected chi connectivity index (χ0v) is 24.5. The first-order valence-corrected chi connectivity index (χ1v) is 14.1. The van der Waals surface area contributed by atoms with E-state index in [1.54, 1.807) is 36.4 Å². The molecule has 0 aromatic heterocycles. The minimum absolute atomic E-state index is 0.0218. The average molecular weight is 581 g/mol. The summed E-state index contributed by atoms with van der Waals surface area (Å²) < 4.78 is 14.7. The number of halogens is 3. The Morgan fingerprint density at radius 2 is 1.77 bits per heavy atom. The molecule has 2 amide bonds. The number of anilines is 1. The third kappa shape index (κ3) is 10.2. The van der Waals surface area contributed by atoms with Gasteiger partial charge in [0.25, 0.3) is 0 Å². The Morgan fingerprint density at radius 3 is 2.38 bits per heavy atom. The first-order valence-electron chi connectivity index (χ1n) is 13.3. The number of nitrogens with one attached hydrogen (secondary N) is 3. The molecule has 1 saturated carbocycles. The second kappa shape index (κ2) is 15.9. The van der Waals surface area contributed by atoms with Crippen LogP contribution in [0.3, 0.4) is 0 Å². The van der Waals surface area contributed by atoms with E-state index in [0.29, 0.717) is 28.9 Å². The quantitative estimate of drug-likeness (QED) is 0.330. The van der Waals surface area contributed by atoms with Gasteiger partial charge >= 0.3 is 0 Å². The van der Waals surface area contributed by atoms with Crippen LogP contribution in [-0.2, 0) is 14.4 Å².